The number of amides is 1. The standard InChI is InChI=1S/C8H11F2NO/c1-6(12)11-3-2-7(11)4-8(9,10)5-7/h2-5H2,1H3. The van der Waals surface area contributed by atoms with Crippen molar-refractivity contribution in [2.45, 2.75) is 37.6 Å². The number of likely N-dealkylation sites (tertiary alicyclic amines) is 1. The van der Waals surface area contributed by atoms with Crippen molar-refractivity contribution in [1.82, 2.24) is 4.90 Å². The number of carbonyl (C=O) groups is 1. The van der Waals surface area contributed by atoms with Crippen molar-refractivity contribution in [1.29, 1.82) is 0 Å². The quantitative estimate of drug-likeness (QED) is 0.545. The second-order valence-electron chi connectivity index (χ2n) is 3.85. The van der Waals surface area contributed by atoms with Crippen LogP contribution in [-0.4, -0.2) is 28.8 Å². The lowest BCUT2D eigenvalue weighted by Gasteiger charge is -2.60. The van der Waals surface area contributed by atoms with Crippen molar-refractivity contribution in [3.8, 4) is 0 Å². The third kappa shape index (κ3) is 0.867. The minimum Gasteiger partial charge on any atom is -0.337 e. The summed E-state index contributed by atoms with van der Waals surface area (Å²) in [5.41, 5.74) is -0.449. The fourth-order valence-corrected chi connectivity index (χ4v) is 2.31. The Morgan fingerprint density at radius 1 is 1.42 bits per heavy atom. The van der Waals surface area contributed by atoms with Crippen molar-refractivity contribution >= 4 is 5.91 Å². The maximum absolute atomic E-state index is 12.6. The molecule has 1 heterocycles. The molecule has 12 heavy (non-hydrogen) atoms. The van der Waals surface area contributed by atoms with Crippen LogP contribution in [0.1, 0.15) is 26.2 Å². The van der Waals surface area contributed by atoms with E-state index in [2.05, 4.69) is 0 Å². The fourth-order valence-electron chi connectivity index (χ4n) is 2.31. The Labute approximate surface area is 69.5 Å². The van der Waals surface area contributed by atoms with E-state index in [-0.39, 0.29) is 18.7 Å². The van der Waals surface area contributed by atoms with Crippen LogP contribution in [0.4, 0.5) is 8.78 Å². The molecule has 1 saturated carbocycles. The van der Waals surface area contributed by atoms with Crippen molar-refractivity contribution in [2.24, 2.45) is 0 Å². The summed E-state index contributed by atoms with van der Waals surface area (Å²) in [5.74, 6) is -2.59. The van der Waals surface area contributed by atoms with Crippen LogP contribution < -0.4 is 0 Å². The lowest BCUT2D eigenvalue weighted by atomic mass is 9.65. The van der Waals surface area contributed by atoms with Crippen LogP contribution in [0, 0.1) is 0 Å². The Balaban J connectivity index is 2.03. The first kappa shape index (κ1) is 7.95. The molecule has 2 nitrogen and oxygen atoms in total. The number of hydrogen-bond acceptors (Lipinski definition) is 1. The molecular weight excluding hydrogens is 164 g/mol. The average molecular weight is 175 g/mol. The fraction of sp³-hybridized carbons (Fsp3) is 0.875. The van der Waals surface area contributed by atoms with E-state index in [0.29, 0.717) is 6.54 Å². The number of nitrogens with zero attached hydrogens (tertiary/aromatic N) is 1. The zero-order chi connectivity index (χ0) is 8.98. The highest BCUT2D eigenvalue weighted by atomic mass is 19.3. The summed E-state index contributed by atoms with van der Waals surface area (Å²) in [7, 11) is 0. The molecule has 1 aliphatic carbocycles. The van der Waals surface area contributed by atoms with Gasteiger partial charge in [-0.15, -0.1) is 0 Å². The molecule has 1 saturated heterocycles. The van der Waals surface area contributed by atoms with E-state index in [9.17, 15) is 13.6 Å². The molecule has 1 spiro atoms. The summed E-state index contributed by atoms with van der Waals surface area (Å²) in [6, 6.07) is 0. The molecule has 0 aromatic rings. The zero-order valence-corrected chi connectivity index (χ0v) is 6.94. The van der Waals surface area contributed by atoms with Crippen LogP contribution in [0.5, 0.6) is 0 Å². The maximum atomic E-state index is 12.6. The zero-order valence-electron chi connectivity index (χ0n) is 6.94. The van der Waals surface area contributed by atoms with Gasteiger partial charge in [-0.25, -0.2) is 8.78 Å². The number of halogens is 2. The monoisotopic (exact) mass is 175 g/mol. The summed E-state index contributed by atoms with van der Waals surface area (Å²) in [6.07, 6.45) is 0.501. The van der Waals surface area contributed by atoms with E-state index in [4.69, 9.17) is 0 Å². The van der Waals surface area contributed by atoms with E-state index in [0.717, 1.165) is 6.42 Å². The van der Waals surface area contributed by atoms with Crippen molar-refractivity contribution in [2.75, 3.05) is 6.54 Å². The highest BCUT2D eigenvalue weighted by Crippen LogP contribution is 2.55. The van der Waals surface area contributed by atoms with Gasteiger partial charge < -0.3 is 4.90 Å². The van der Waals surface area contributed by atoms with Crippen LogP contribution in [0.3, 0.4) is 0 Å². The number of alkyl halides is 2. The van der Waals surface area contributed by atoms with Gasteiger partial charge in [0.05, 0.1) is 5.54 Å². The minimum absolute atomic E-state index is 0.0725. The topological polar surface area (TPSA) is 20.3 Å². The van der Waals surface area contributed by atoms with Gasteiger partial charge in [0, 0.05) is 26.3 Å². The molecule has 1 amide bonds. The molecule has 0 N–H and O–H groups in total. The molecule has 0 bridgehead atoms. The van der Waals surface area contributed by atoms with Gasteiger partial charge in [0.25, 0.3) is 5.92 Å². The average Bonchev–Trinajstić information content (AvgIpc) is 1.77. The molecule has 0 aromatic heterocycles. The van der Waals surface area contributed by atoms with Gasteiger partial charge in [-0.05, 0) is 6.42 Å². The SMILES string of the molecule is CC(=O)N1CCC12CC(F)(F)C2. The summed E-state index contributed by atoms with van der Waals surface area (Å²) in [5, 5.41) is 0. The first-order valence-electron chi connectivity index (χ1n) is 4.11. The Morgan fingerprint density at radius 2 is 2.00 bits per heavy atom. The molecule has 4 heteroatoms. The number of hydrogen-bond donors (Lipinski definition) is 0. The van der Waals surface area contributed by atoms with Gasteiger partial charge in [0.1, 0.15) is 0 Å². The predicted molar refractivity (Wildman–Crippen MR) is 38.9 cm³/mol. The normalized spacial score (nSPS) is 29.4. The van der Waals surface area contributed by atoms with E-state index in [1.54, 1.807) is 4.90 Å². The van der Waals surface area contributed by atoms with Gasteiger partial charge >= 0.3 is 0 Å². The Kier molecular flexibility index (Phi) is 1.31. The molecule has 0 unspecified atom stereocenters. The first-order chi connectivity index (χ1) is 5.45. The van der Waals surface area contributed by atoms with E-state index < -0.39 is 11.5 Å². The van der Waals surface area contributed by atoms with E-state index in [1.165, 1.54) is 6.92 Å². The molecule has 2 rings (SSSR count). The highest BCUT2D eigenvalue weighted by Gasteiger charge is 2.63. The summed E-state index contributed by atoms with van der Waals surface area (Å²) < 4.78 is 25.1. The van der Waals surface area contributed by atoms with Crippen LogP contribution in [0.25, 0.3) is 0 Å². The lowest BCUT2D eigenvalue weighted by molar-refractivity contribution is -0.214. The Bertz CT molecular complexity index is 231. The van der Waals surface area contributed by atoms with E-state index >= 15 is 0 Å². The van der Waals surface area contributed by atoms with Crippen LogP contribution >= 0.6 is 0 Å². The summed E-state index contributed by atoms with van der Waals surface area (Å²) in [4.78, 5) is 12.5. The van der Waals surface area contributed by atoms with Crippen molar-refractivity contribution in [3.05, 3.63) is 0 Å². The second-order valence-corrected chi connectivity index (χ2v) is 3.85. The summed E-state index contributed by atoms with van der Waals surface area (Å²) >= 11 is 0. The van der Waals surface area contributed by atoms with Crippen LogP contribution in [0.15, 0.2) is 0 Å². The third-order valence-electron chi connectivity index (χ3n) is 2.93. The van der Waals surface area contributed by atoms with E-state index in [1.807, 2.05) is 0 Å². The predicted octanol–water partition coefficient (Wildman–Crippen LogP) is 1.41. The molecule has 2 fully saturated rings. The molecule has 68 valence electrons. The molecule has 2 aliphatic rings. The highest BCUT2D eigenvalue weighted by molar-refractivity contribution is 5.75. The van der Waals surface area contributed by atoms with Gasteiger partial charge in [0.15, 0.2) is 0 Å². The molecule has 0 radical (unpaired) electrons. The minimum atomic E-state index is -2.52. The Hall–Kier alpha value is -0.670. The maximum Gasteiger partial charge on any atom is 0.252 e. The summed E-state index contributed by atoms with van der Waals surface area (Å²) in [6.45, 7) is 2.10. The first-order valence-corrected chi connectivity index (χ1v) is 4.11. The molecule has 0 aromatic carbocycles. The second kappa shape index (κ2) is 1.98. The Morgan fingerprint density at radius 3 is 2.25 bits per heavy atom. The van der Waals surface area contributed by atoms with Crippen molar-refractivity contribution < 1.29 is 13.6 Å². The van der Waals surface area contributed by atoms with Crippen LogP contribution in [-0.2, 0) is 4.79 Å². The van der Waals surface area contributed by atoms with Gasteiger partial charge in [-0.3, -0.25) is 4.79 Å². The third-order valence-corrected chi connectivity index (χ3v) is 2.93. The van der Waals surface area contributed by atoms with Gasteiger partial charge in [-0.1, -0.05) is 0 Å². The van der Waals surface area contributed by atoms with Gasteiger partial charge in [-0.2, -0.15) is 0 Å². The van der Waals surface area contributed by atoms with Crippen molar-refractivity contribution in [3.63, 3.8) is 0 Å². The van der Waals surface area contributed by atoms with Gasteiger partial charge in [0.2, 0.25) is 5.91 Å². The number of carbonyl (C=O) groups excluding carboxylic acids is 1. The smallest absolute Gasteiger partial charge is 0.252 e. The largest absolute Gasteiger partial charge is 0.337 e. The number of rotatable bonds is 0. The molecule has 0 atom stereocenters. The lowest BCUT2D eigenvalue weighted by Crippen LogP contribution is -2.71. The molecule has 1 aliphatic heterocycles. The molecular formula is C8H11F2NO. The van der Waals surface area contributed by atoms with Crippen LogP contribution in [0.2, 0.25) is 0 Å².